The number of hydrogen-bond donors (Lipinski definition) is 2. The number of benzene rings is 3. The van der Waals surface area contributed by atoms with Gasteiger partial charge in [0.05, 0.1) is 4.90 Å². The van der Waals surface area contributed by atoms with Crippen LogP contribution in [0.25, 0.3) is 0 Å². The monoisotopic (exact) mass is 438 g/mol. The van der Waals surface area contributed by atoms with Gasteiger partial charge in [-0.25, -0.2) is 8.42 Å². The molecule has 0 aromatic heterocycles. The van der Waals surface area contributed by atoms with Crippen LogP contribution in [0.3, 0.4) is 0 Å². The Morgan fingerprint density at radius 1 is 0.871 bits per heavy atom. The summed E-state index contributed by atoms with van der Waals surface area (Å²) in [4.78, 5) is 13.1. The van der Waals surface area contributed by atoms with Gasteiger partial charge in [-0.2, -0.15) is 4.72 Å². The maximum absolute atomic E-state index is 13.0. The van der Waals surface area contributed by atoms with Gasteiger partial charge in [0.15, 0.2) is 11.5 Å². The fourth-order valence-corrected chi connectivity index (χ4v) is 4.47. The molecule has 7 nitrogen and oxygen atoms in total. The van der Waals surface area contributed by atoms with E-state index in [9.17, 15) is 13.2 Å². The standard InChI is InChI=1S/C23H22N2O5S/c26-23(24-15-18-11-12-21-22(14-18)30-16-29-21)20(13-17-7-3-1-4-8-17)25-31(27,28)19-9-5-2-6-10-19/h1-12,14,20,25H,13,15-16H2,(H,24,26)/t20-/m1/s1. The minimum atomic E-state index is -3.86. The van der Waals surface area contributed by atoms with Crippen molar-refractivity contribution in [1.29, 1.82) is 0 Å². The van der Waals surface area contributed by atoms with Crippen LogP contribution < -0.4 is 19.5 Å². The first kappa shape index (κ1) is 20.9. The van der Waals surface area contributed by atoms with E-state index in [1.54, 1.807) is 30.3 Å². The van der Waals surface area contributed by atoms with Crippen LogP contribution in [0, 0.1) is 0 Å². The Bertz CT molecular complexity index is 1150. The summed E-state index contributed by atoms with van der Waals surface area (Å²) < 4.78 is 38.8. The number of fused-ring (bicyclic) bond motifs is 1. The van der Waals surface area contributed by atoms with Crippen molar-refractivity contribution in [1.82, 2.24) is 10.0 Å². The predicted octanol–water partition coefficient (Wildman–Crippen LogP) is 2.62. The lowest BCUT2D eigenvalue weighted by Crippen LogP contribution is -2.47. The number of sulfonamides is 1. The molecule has 31 heavy (non-hydrogen) atoms. The molecule has 1 heterocycles. The molecule has 0 fully saturated rings. The van der Waals surface area contributed by atoms with E-state index >= 15 is 0 Å². The van der Waals surface area contributed by atoms with E-state index < -0.39 is 22.0 Å². The molecule has 160 valence electrons. The maximum atomic E-state index is 13.0. The lowest BCUT2D eigenvalue weighted by Gasteiger charge is -2.19. The summed E-state index contributed by atoms with van der Waals surface area (Å²) >= 11 is 0. The van der Waals surface area contributed by atoms with Crippen molar-refractivity contribution in [2.24, 2.45) is 0 Å². The van der Waals surface area contributed by atoms with Crippen molar-refractivity contribution >= 4 is 15.9 Å². The SMILES string of the molecule is O=C(NCc1ccc2c(c1)OCO2)[C@@H](Cc1ccccc1)NS(=O)(=O)c1ccccc1. The Morgan fingerprint density at radius 3 is 2.29 bits per heavy atom. The Balaban J connectivity index is 1.49. The molecule has 3 aromatic rings. The van der Waals surface area contributed by atoms with Crippen LogP contribution in [0.1, 0.15) is 11.1 Å². The Labute approximate surface area is 181 Å². The summed E-state index contributed by atoms with van der Waals surface area (Å²) in [5.74, 6) is 0.867. The number of amides is 1. The van der Waals surface area contributed by atoms with Gasteiger partial charge in [0.2, 0.25) is 22.7 Å². The van der Waals surface area contributed by atoms with Crippen molar-refractivity contribution in [2.75, 3.05) is 6.79 Å². The molecule has 8 heteroatoms. The van der Waals surface area contributed by atoms with Gasteiger partial charge in [0, 0.05) is 6.54 Å². The van der Waals surface area contributed by atoms with E-state index in [2.05, 4.69) is 10.0 Å². The highest BCUT2D eigenvalue weighted by atomic mass is 32.2. The zero-order chi connectivity index (χ0) is 21.7. The highest BCUT2D eigenvalue weighted by Crippen LogP contribution is 2.32. The molecule has 2 N–H and O–H groups in total. The molecule has 1 aliphatic rings. The average Bonchev–Trinajstić information content (AvgIpc) is 3.26. The van der Waals surface area contributed by atoms with Crippen molar-refractivity contribution in [3.8, 4) is 11.5 Å². The summed E-state index contributed by atoms with van der Waals surface area (Å²) in [6, 6.07) is 21.7. The van der Waals surface area contributed by atoms with Crippen LogP contribution in [0.2, 0.25) is 0 Å². The zero-order valence-corrected chi connectivity index (χ0v) is 17.5. The number of hydrogen-bond acceptors (Lipinski definition) is 5. The van der Waals surface area contributed by atoms with Crippen LogP contribution >= 0.6 is 0 Å². The largest absolute Gasteiger partial charge is 0.454 e. The molecule has 1 atom stereocenters. The molecule has 1 amide bonds. The second-order valence-electron chi connectivity index (χ2n) is 7.08. The third kappa shape index (κ3) is 5.22. The van der Waals surface area contributed by atoms with Crippen molar-refractivity contribution in [3.05, 3.63) is 90.0 Å². The molecule has 0 bridgehead atoms. The molecule has 3 aromatic carbocycles. The molecule has 0 aliphatic carbocycles. The first-order chi connectivity index (χ1) is 15.0. The molecule has 0 spiro atoms. The van der Waals surface area contributed by atoms with Gasteiger partial charge in [-0.1, -0.05) is 54.6 Å². The molecule has 0 saturated heterocycles. The highest BCUT2D eigenvalue weighted by Gasteiger charge is 2.26. The van der Waals surface area contributed by atoms with Crippen LogP contribution in [0.15, 0.2) is 83.8 Å². The maximum Gasteiger partial charge on any atom is 0.241 e. The Morgan fingerprint density at radius 2 is 1.55 bits per heavy atom. The zero-order valence-electron chi connectivity index (χ0n) is 16.7. The van der Waals surface area contributed by atoms with Gasteiger partial charge >= 0.3 is 0 Å². The molecule has 0 radical (unpaired) electrons. The predicted molar refractivity (Wildman–Crippen MR) is 115 cm³/mol. The number of nitrogens with one attached hydrogen (secondary N) is 2. The normalized spacial score (nSPS) is 13.5. The van der Waals surface area contributed by atoms with Crippen LogP contribution in [-0.2, 0) is 27.8 Å². The summed E-state index contributed by atoms with van der Waals surface area (Å²) in [5.41, 5.74) is 1.67. The quantitative estimate of drug-likeness (QED) is 0.564. The lowest BCUT2D eigenvalue weighted by atomic mass is 10.1. The van der Waals surface area contributed by atoms with Gasteiger partial charge < -0.3 is 14.8 Å². The van der Waals surface area contributed by atoms with E-state index in [0.717, 1.165) is 11.1 Å². The van der Waals surface area contributed by atoms with E-state index in [1.165, 1.54) is 12.1 Å². The average molecular weight is 439 g/mol. The third-order valence-corrected chi connectivity index (χ3v) is 6.34. The molecule has 1 aliphatic heterocycles. The van der Waals surface area contributed by atoms with Crippen LogP contribution in [0.4, 0.5) is 0 Å². The van der Waals surface area contributed by atoms with Gasteiger partial charge in [-0.05, 0) is 41.8 Å². The van der Waals surface area contributed by atoms with E-state index in [4.69, 9.17) is 9.47 Å². The number of carbonyl (C=O) groups is 1. The molecular weight excluding hydrogens is 416 g/mol. The molecule has 0 saturated carbocycles. The summed E-state index contributed by atoms with van der Waals surface area (Å²) in [7, 11) is -3.86. The smallest absolute Gasteiger partial charge is 0.241 e. The van der Waals surface area contributed by atoms with Crippen LogP contribution in [0.5, 0.6) is 11.5 Å². The van der Waals surface area contributed by atoms with Gasteiger partial charge in [0.1, 0.15) is 6.04 Å². The topological polar surface area (TPSA) is 93.7 Å². The number of ether oxygens (including phenoxy) is 2. The minimum Gasteiger partial charge on any atom is -0.454 e. The summed E-state index contributed by atoms with van der Waals surface area (Å²) in [6.07, 6.45) is 0.222. The van der Waals surface area contributed by atoms with E-state index in [1.807, 2.05) is 36.4 Å². The minimum absolute atomic E-state index is 0.108. The molecule has 0 unspecified atom stereocenters. The second kappa shape index (κ2) is 9.20. The van der Waals surface area contributed by atoms with E-state index in [0.29, 0.717) is 11.5 Å². The van der Waals surface area contributed by atoms with Crippen molar-refractivity contribution in [2.45, 2.75) is 23.9 Å². The summed E-state index contributed by atoms with van der Waals surface area (Å²) in [6.45, 7) is 0.402. The van der Waals surface area contributed by atoms with Gasteiger partial charge in [0.25, 0.3) is 0 Å². The third-order valence-electron chi connectivity index (χ3n) is 4.85. The van der Waals surface area contributed by atoms with Gasteiger partial charge in [-0.3, -0.25) is 4.79 Å². The van der Waals surface area contributed by atoms with Crippen molar-refractivity contribution < 1.29 is 22.7 Å². The summed E-state index contributed by atoms with van der Waals surface area (Å²) in [5, 5.41) is 2.82. The van der Waals surface area contributed by atoms with Gasteiger partial charge in [-0.15, -0.1) is 0 Å². The fourth-order valence-electron chi connectivity index (χ4n) is 3.26. The highest BCUT2D eigenvalue weighted by molar-refractivity contribution is 7.89. The number of rotatable bonds is 8. The first-order valence-corrected chi connectivity index (χ1v) is 11.3. The first-order valence-electron chi connectivity index (χ1n) is 9.79. The van der Waals surface area contributed by atoms with E-state index in [-0.39, 0.29) is 24.7 Å². The lowest BCUT2D eigenvalue weighted by molar-refractivity contribution is -0.122. The molecule has 4 rings (SSSR count). The fraction of sp³-hybridized carbons (Fsp3) is 0.174. The molecular formula is C23H22N2O5S. The number of carbonyl (C=O) groups excluding carboxylic acids is 1. The Hall–Kier alpha value is -3.36. The Kier molecular flexibility index (Phi) is 6.20. The van der Waals surface area contributed by atoms with Crippen molar-refractivity contribution in [3.63, 3.8) is 0 Å². The van der Waals surface area contributed by atoms with Crippen LogP contribution in [-0.4, -0.2) is 27.2 Å². The second-order valence-corrected chi connectivity index (χ2v) is 8.80.